The van der Waals surface area contributed by atoms with Crippen molar-refractivity contribution in [1.82, 2.24) is 9.71 Å². The number of aromatic nitrogens is 1. The number of carboxylic acid groups (broad SMARTS) is 1. The Balaban J connectivity index is 2.95. The first-order valence-corrected chi connectivity index (χ1v) is 6.94. The number of carbonyl (C=O) groups is 1. The first-order chi connectivity index (χ1) is 8.24. The molecule has 6 nitrogen and oxygen atoms in total. The van der Waals surface area contributed by atoms with Crippen LogP contribution >= 0.6 is 0 Å². The minimum absolute atomic E-state index is 0.0501. The van der Waals surface area contributed by atoms with E-state index in [1.807, 2.05) is 13.8 Å². The number of sulfonamides is 1. The molecule has 7 heteroatoms. The van der Waals surface area contributed by atoms with Gasteiger partial charge in [0.15, 0.2) is 5.03 Å². The lowest BCUT2D eigenvalue weighted by Gasteiger charge is -2.16. The lowest BCUT2D eigenvalue weighted by atomic mass is 10.1. The number of nitrogens with one attached hydrogen (secondary N) is 1. The third kappa shape index (κ3) is 3.51. The van der Waals surface area contributed by atoms with Gasteiger partial charge in [-0.3, -0.25) is 0 Å². The van der Waals surface area contributed by atoms with E-state index in [-0.39, 0.29) is 22.5 Å². The molecule has 0 spiro atoms. The number of hydrogen-bond acceptors (Lipinski definition) is 4. The summed E-state index contributed by atoms with van der Waals surface area (Å²) < 4.78 is 26.3. The quantitative estimate of drug-likeness (QED) is 0.836. The maximum atomic E-state index is 11.9. The van der Waals surface area contributed by atoms with Crippen molar-refractivity contribution >= 4 is 16.0 Å². The molecule has 0 saturated heterocycles. The summed E-state index contributed by atoms with van der Waals surface area (Å²) in [5.41, 5.74) is -0.0501. The summed E-state index contributed by atoms with van der Waals surface area (Å²) in [6.07, 6.45) is 1.02. The van der Waals surface area contributed by atoms with Gasteiger partial charge in [-0.15, -0.1) is 0 Å². The molecule has 1 atom stereocenters. The van der Waals surface area contributed by atoms with Gasteiger partial charge in [-0.1, -0.05) is 13.8 Å². The Morgan fingerprint density at radius 1 is 1.33 bits per heavy atom. The van der Waals surface area contributed by atoms with Crippen molar-refractivity contribution in [3.05, 3.63) is 23.9 Å². The molecule has 0 amide bonds. The Hall–Kier alpha value is -1.47. The first-order valence-electron chi connectivity index (χ1n) is 5.45. The van der Waals surface area contributed by atoms with Crippen molar-refractivity contribution < 1.29 is 18.3 Å². The Labute approximate surface area is 106 Å². The second-order valence-electron chi connectivity index (χ2n) is 4.34. The molecule has 100 valence electrons. The molecular weight excluding hydrogens is 256 g/mol. The van der Waals surface area contributed by atoms with E-state index in [0.717, 1.165) is 6.20 Å². The third-order valence-electron chi connectivity index (χ3n) is 2.60. The van der Waals surface area contributed by atoms with E-state index in [9.17, 15) is 13.2 Å². The smallest absolute Gasteiger partial charge is 0.337 e. The number of hydrogen-bond donors (Lipinski definition) is 2. The lowest BCUT2D eigenvalue weighted by molar-refractivity contribution is 0.0696. The van der Waals surface area contributed by atoms with Crippen LogP contribution in [0, 0.1) is 5.92 Å². The van der Waals surface area contributed by atoms with Gasteiger partial charge in [0, 0.05) is 12.2 Å². The standard InChI is InChI=1S/C11H16N2O4S/c1-7(2)8(3)13-18(16,17)10-5-4-9(6-12-10)11(14)15/h4-8,13H,1-3H3,(H,14,15). The van der Waals surface area contributed by atoms with E-state index in [1.54, 1.807) is 6.92 Å². The first kappa shape index (κ1) is 14.6. The van der Waals surface area contributed by atoms with Crippen LogP contribution in [-0.2, 0) is 10.0 Å². The maximum absolute atomic E-state index is 11.9. The highest BCUT2D eigenvalue weighted by Gasteiger charge is 2.20. The van der Waals surface area contributed by atoms with Crippen molar-refractivity contribution in [3.63, 3.8) is 0 Å². The largest absolute Gasteiger partial charge is 0.478 e. The van der Waals surface area contributed by atoms with E-state index in [0.29, 0.717) is 0 Å². The monoisotopic (exact) mass is 272 g/mol. The normalized spacial score (nSPS) is 13.6. The van der Waals surface area contributed by atoms with Crippen LogP contribution in [0.15, 0.2) is 23.4 Å². The van der Waals surface area contributed by atoms with Crippen molar-refractivity contribution in [1.29, 1.82) is 0 Å². The molecule has 0 bridgehead atoms. The topological polar surface area (TPSA) is 96.4 Å². The van der Waals surface area contributed by atoms with Crippen LogP contribution in [0.25, 0.3) is 0 Å². The van der Waals surface area contributed by atoms with Crippen LogP contribution in [-0.4, -0.2) is 30.5 Å². The van der Waals surface area contributed by atoms with Gasteiger partial charge in [-0.05, 0) is 25.0 Å². The van der Waals surface area contributed by atoms with E-state index in [4.69, 9.17) is 5.11 Å². The summed E-state index contributed by atoms with van der Waals surface area (Å²) in [6, 6.07) is 2.17. The minimum atomic E-state index is -3.70. The number of pyridine rings is 1. The molecule has 1 aromatic rings. The van der Waals surface area contributed by atoms with Crippen LogP contribution in [0.4, 0.5) is 0 Å². The molecule has 0 aliphatic rings. The SMILES string of the molecule is CC(C)C(C)NS(=O)(=O)c1ccc(C(=O)O)cn1. The van der Waals surface area contributed by atoms with E-state index in [1.165, 1.54) is 12.1 Å². The van der Waals surface area contributed by atoms with Gasteiger partial charge in [0.2, 0.25) is 0 Å². The molecule has 1 rings (SSSR count). The van der Waals surface area contributed by atoms with Crippen molar-refractivity contribution in [2.45, 2.75) is 31.8 Å². The number of nitrogens with zero attached hydrogens (tertiary/aromatic N) is 1. The highest BCUT2D eigenvalue weighted by molar-refractivity contribution is 7.89. The second kappa shape index (κ2) is 5.45. The second-order valence-corrected chi connectivity index (χ2v) is 6.01. The number of aromatic carboxylic acids is 1. The van der Waals surface area contributed by atoms with Gasteiger partial charge in [0.1, 0.15) is 0 Å². The summed E-state index contributed by atoms with van der Waals surface area (Å²) in [5, 5.41) is 8.51. The average molecular weight is 272 g/mol. The Morgan fingerprint density at radius 3 is 2.33 bits per heavy atom. The summed E-state index contributed by atoms with van der Waals surface area (Å²) >= 11 is 0. The van der Waals surface area contributed by atoms with Gasteiger partial charge < -0.3 is 5.11 Å². The zero-order valence-corrected chi connectivity index (χ0v) is 11.2. The van der Waals surface area contributed by atoms with Crippen LogP contribution < -0.4 is 4.72 Å². The van der Waals surface area contributed by atoms with Crippen LogP contribution in [0.2, 0.25) is 0 Å². The van der Waals surface area contributed by atoms with E-state index >= 15 is 0 Å². The van der Waals surface area contributed by atoms with Crippen molar-refractivity contribution in [2.24, 2.45) is 5.92 Å². The predicted molar refractivity (Wildman–Crippen MR) is 65.8 cm³/mol. The van der Waals surface area contributed by atoms with Crippen LogP contribution in [0.3, 0.4) is 0 Å². The summed E-state index contributed by atoms with van der Waals surface area (Å²) in [5.74, 6) is -0.993. The third-order valence-corrected chi connectivity index (χ3v) is 4.07. The fourth-order valence-electron chi connectivity index (χ4n) is 1.11. The van der Waals surface area contributed by atoms with Gasteiger partial charge in [0.05, 0.1) is 5.56 Å². The molecule has 0 fully saturated rings. The summed E-state index contributed by atoms with van der Waals surface area (Å²) in [7, 11) is -3.70. The highest BCUT2D eigenvalue weighted by Crippen LogP contribution is 2.10. The zero-order valence-electron chi connectivity index (χ0n) is 10.4. The molecule has 1 aromatic heterocycles. The molecule has 0 saturated carbocycles. The van der Waals surface area contributed by atoms with E-state index < -0.39 is 16.0 Å². The molecule has 1 heterocycles. The average Bonchev–Trinajstić information content (AvgIpc) is 2.28. The number of rotatable bonds is 5. The molecular formula is C11H16N2O4S. The molecule has 18 heavy (non-hydrogen) atoms. The van der Waals surface area contributed by atoms with Crippen LogP contribution in [0.5, 0.6) is 0 Å². The Morgan fingerprint density at radius 2 is 1.94 bits per heavy atom. The van der Waals surface area contributed by atoms with Gasteiger partial charge in [-0.25, -0.2) is 22.9 Å². The fraction of sp³-hybridized carbons (Fsp3) is 0.455. The van der Waals surface area contributed by atoms with Gasteiger partial charge in [0.25, 0.3) is 10.0 Å². The maximum Gasteiger partial charge on any atom is 0.337 e. The Kier molecular flexibility index (Phi) is 4.42. The molecule has 2 N–H and O–H groups in total. The van der Waals surface area contributed by atoms with Gasteiger partial charge in [-0.2, -0.15) is 0 Å². The predicted octanol–water partition coefficient (Wildman–Crippen LogP) is 1.10. The van der Waals surface area contributed by atoms with E-state index in [2.05, 4.69) is 9.71 Å². The molecule has 0 aromatic carbocycles. The minimum Gasteiger partial charge on any atom is -0.478 e. The van der Waals surface area contributed by atoms with Crippen molar-refractivity contribution in [3.8, 4) is 0 Å². The summed E-state index contributed by atoms with van der Waals surface area (Å²) in [4.78, 5) is 14.3. The molecule has 0 aliphatic carbocycles. The Bertz CT molecular complexity index is 522. The van der Waals surface area contributed by atoms with Crippen molar-refractivity contribution in [2.75, 3.05) is 0 Å². The molecule has 1 unspecified atom stereocenters. The molecule has 0 aliphatic heterocycles. The van der Waals surface area contributed by atoms with Gasteiger partial charge >= 0.3 is 5.97 Å². The highest BCUT2D eigenvalue weighted by atomic mass is 32.2. The summed E-state index contributed by atoms with van der Waals surface area (Å²) in [6.45, 7) is 5.55. The fourth-order valence-corrected chi connectivity index (χ4v) is 2.43. The van der Waals surface area contributed by atoms with Crippen LogP contribution in [0.1, 0.15) is 31.1 Å². The lowest BCUT2D eigenvalue weighted by Crippen LogP contribution is -2.36. The zero-order chi connectivity index (χ0) is 13.9. The number of carboxylic acids is 1. The molecule has 0 radical (unpaired) electrons.